The molecule has 0 aliphatic carbocycles. The third-order valence-electron chi connectivity index (χ3n) is 3.98. The number of carbonyl (C=O) groups excluding carboxylic acids is 2. The molecule has 2 aromatic rings. The number of imidazole rings is 1. The van der Waals surface area contributed by atoms with Gasteiger partial charge in [-0.15, -0.1) is 0 Å². The summed E-state index contributed by atoms with van der Waals surface area (Å²) < 4.78 is 3.03. The van der Waals surface area contributed by atoms with E-state index >= 15 is 0 Å². The topological polar surface area (TPSA) is 73.1 Å². The molecular formula is C16H21N3O3. The van der Waals surface area contributed by atoms with Crippen molar-refractivity contribution in [3.8, 4) is 0 Å². The fourth-order valence-corrected chi connectivity index (χ4v) is 2.70. The number of likely N-dealkylation sites (N-methyl/N-ethyl adjacent to an activating group) is 1. The molecule has 1 aromatic carbocycles. The number of aldehydes is 1. The summed E-state index contributed by atoms with van der Waals surface area (Å²) in [5.74, 6) is -0.268. The molecule has 0 aliphatic rings. The van der Waals surface area contributed by atoms with Crippen LogP contribution >= 0.6 is 0 Å². The molecule has 0 spiro atoms. The van der Waals surface area contributed by atoms with Crippen LogP contribution in [0.1, 0.15) is 31.4 Å². The molecule has 1 N–H and O–H groups in total. The molecule has 0 saturated carbocycles. The van der Waals surface area contributed by atoms with Crippen molar-refractivity contribution in [3.63, 3.8) is 0 Å². The Balaban J connectivity index is 2.66. The number of hydrogen-bond acceptors (Lipinski definition) is 3. The average molecular weight is 303 g/mol. The second kappa shape index (κ2) is 6.60. The van der Waals surface area contributed by atoms with Gasteiger partial charge in [0.15, 0.2) is 0 Å². The molecule has 0 aliphatic heterocycles. The van der Waals surface area contributed by atoms with Gasteiger partial charge in [-0.05, 0) is 30.5 Å². The van der Waals surface area contributed by atoms with Crippen molar-refractivity contribution in [1.82, 2.24) is 14.5 Å². The third-order valence-corrected chi connectivity index (χ3v) is 3.98. The number of fused-ring (bicyclic) bond motifs is 1. The van der Waals surface area contributed by atoms with E-state index in [2.05, 4.69) is 5.32 Å². The summed E-state index contributed by atoms with van der Waals surface area (Å²) in [6, 6.07) is 5.11. The molecule has 6 heteroatoms. The molecular weight excluding hydrogens is 282 g/mol. The van der Waals surface area contributed by atoms with E-state index in [0.717, 1.165) is 23.8 Å². The van der Waals surface area contributed by atoms with E-state index < -0.39 is 6.04 Å². The van der Waals surface area contributed by atoms with Crippen LogP contribution in [0.3, 0.4) is 0 Å². The standard InChI is InChI=1S/C16H21N3O3/c1-4-11-7-8-12-14(10-11)18(3)16(22)19(12)13(6-5-9-20)15(21)17-2/h7-10,13H,4-6H2,1-3H3,(H,17,21). The van der Waals surface area contributed by atoms with E-state index in [0.29, 0.717) is 11.9 Å². The Morgan fingerprint density at radius 2 is 2.09 bits per heavy atom. The van der Waals surface area contributed by atoms with E-state index in [1.807, 2.05) is 25.1 Å². The molecule has 6 nitrogen and oxygen atoms in total. The van der Waals surface area contributed by atoms with Gasteiger partial charge >= 0.3 is 5.69 Å². The summed E-state index contributed by atoms with van der Waals surface area (Å²) in [6.07, 6.45) is 2.17. The predicted molar refractivity (Wildman–Crippen MR) is 85.0 cm³/mol. The van der Waals surface area contributed by atoms with Crippen LogP contribution in [-0.2, 0) is 23.1 Å². The molecule has 22 heavy (non-hydrogen) atoms. The summed E-state index contributed by atoms with van der Waals surface area (Å²) in [7, 11) is 3.23. The van der Waals surface area contributed by atoms with Crippen LogP contribution in [0.2, 0.25) is 0 Å². The number of benzene rings is 1. The highest BCUT2D eigenvalue weighted by atomic mass is 16.2. The lowest BCUT2D eigenvalue weighted by Gasteiger charge is -2.16. The lowest BCUT2D eigenvalue weighted by molar-refractivity contribution is -0.124. The van der Waals surface area contributed by atoms with Crippen molar-refractivity contribution in [2.24, 2.45) is 7.05 Å². The van der Waals surface area contributed by atoms with Crippen LogP contribution in [0.25, 0.3) is 11.0 Å². The van der Waals surface area contributed by atoms with Gasteiger partial charge < -0.3 is 10.1 Å². The third kappa shape index (κ3) is 2.68. The van der Waals surface area contributed by atoms with Crippen LogP contribution < -0.4 is 11.0 Å². The Kier molecular flexibility index (Phi) is 4.80. The quantitative estimate of drug-likeness (QED) is 0.814. The number of aromatic nitrogens is 2. The number of nitrogens with zero attached hydrogens (tertiary/aromatic N) is 2. The first-order valence-corrected chi connectivity index (χ1v) is 7.40. The molecule has 1 unspecified atom stereocenters. The van der Waals surface area contributed by atoms with Gasteiger partial charge in [0.25, 0.3) is 0 Å². The van der Waals surface area contributed by atoms with Gasteiger partial charge in [0.1, 0.15) is 12.3 Å². The van der Waals surface area contributed by atoms with Gasteiger partial charge in [0, 0.05) is 20.5 Å². The number of rotatable bonds is 6. The Morgan fingerprint density at radius 3 is 2.68 bits per heavy atom. The maximum atomic E-state index is 12.6. The second-order valence-corrected chi connectivity index (χ2v) is 5.26. The highest BCUT2D eigenvalue weighted by molar-refractivity contribution is 5.84. The second-order valence-electron chi connectivity index (χ2n) is 5.26. The Morgan fingerprint density at radius 1 is 1.36 bits per heavy atom. The SMILES string of the molecule is CCc1ccc2c(c1)n(C)c(=O)n2C(CCC=O)C(=O)NC. The van der Waals surface area contributed by atoms with Crippen LogP contribution in [0.5, 0.6) is 0 Å². The lowest BCUT2D eigenvalue weighted by Crippen LogP contribution is -2.36. The smallest absolute Gasteiger partial charge is 0.329 e. The Labute approximate surface area is 128 Å². The zero-order valence-electron chi connectivity index (χ0n) is 13.1. The van der Waals surface area contributed by atoms with E-state index in [4.69, 9.17) is 0 Å². The van der Waals surface area contributed by atoms with Crippen LogP contribution in [0.15, 0.2) is 23.0 Å². The number of hydrogen-bond donors (Lipinski definition) is 1. The summed E-state index contributed by atoms with van der Waals surface area (Å²) in [4.78, 5) is 35.4. The number of aryl methyl sites for hydroxylation is 2. The number of nitrogens with one attached hydrogen (secondary N) is 1. The van der Waals surface area contributed by atoms with Crippen LogP contribution in [0.4, 0.5) is 0 Å². The van der Waals surface area contributed by atoms with Crippen molar-refractivity contribution < 1.29 is 9.59 Å². The van der Waals surface area contributed by atoms with Gasteiger partial charge in [0.05, 0.1) is 11.0 Å². The molecule has 0 bridgehead atoms. The zero-order valence-corrected chi connectivity index (χ0v) is 13.1. The molecule has 1 atom stereocenters. The van der Waals surface area contributed by atoms with E-state index in [1.165, 1.54) is 11.6 Å². The highest BCUT2D eigenvalue weighted by Crippen LogP contribution is 2.21. The molecule has 0 fully saturated rings. The minimum absolute atomic E-state index is 0.230. The van der Waals surface area contributed by atoms with E-state index in [-0.39, 0.29) is 18.0 Å². The van der Waals surface area contributed by atoms with Crippen molar-refractivity contribution in [3.05, 3.63) is 34.2 Å². The molecule has 0 radical (unpaired) electrons. The molecule has 118 valence electrons. The number of carbonyl (C=O) groups is 2. The summed E-state index contributed by atoms with van der Waals surface area (Å²) in [5.41, 5.74) is 2.39. The largest absolute Gasteiger partial charge is 0.357 e. The fourth-order valence-electron chi connectivity index (χ4n) is 2.70. The minimum Gasteiger partial charge on any atom is -0.357 e. The molecule has 1 amide bonds. The monoisotopic (exact) mass is 303 g/mol. The Hall–Kier alpha value is -2.37. The fraction of sp³-hybridized carbons (Fsp3) is 0.438. The van der Waals surface area contributed by atoms with Crippen LogP contribution in [0, 0.1) is 0 Å². The van der Waals surface area contributed by atoms with E-state index in [1.54, 1.807) is 11.6 Å². The lowest BCUT2D eigenvalue weighted by atomic mass is 10.1. The number of amides is 1. The first-order valence-electron chi connectivity index (χ1n) is 7.40. The summed E-state index contributed by atoms with van der Waals surface area (Å²) >= 11 is 0. The highest BCUT2D eigenvalue weighted by Gasteiger charge is 2.24. The maximum Gasteiger partial charge on any atom is 0.329 e. The average Bonchev–Trinajstić information content (AvgIpc) is 2.79. The zero-order chi connectivity index (χ0) is 16.3. The van der Waals surface area contributed by atoms with Crippen LogP contribution in [-0.4, -0.2) is 28.4 Å². The van der Waals surface area contributed by atoms with Gasteiger partial charge in [0.2, 0.25) is 5.91 Å². The van der Waals surface area contributed by atoms with Gasteiger partial charge in [-0.2, -0.15) is 0 Å². The Bertz CT molecular complexity index is 758. The summed E-state index contributed by atoms with van der Waals surface area (Å²) in [5, 5.41) is 2.57. The van der Waals surface area contributed by atoms with Gasteiger partial charge in [-0.3, -0.25) is 13.9 Å². The first kappa shape index (κ1) is 16.0. The molecule has 1 heterocycles. The minimum atomic E-state index is -0.682. The first-order chi connectivity index (χ1) is 10.5. The van der Waals surface area contributed by atoms with Crippen molar-refractivity contribution in [1.29, 1.82) is 0 Å². The van der Waals surface area contributed by atoms with Crippen molar-refractivity contribution >= 4 is 23.2 Å². The normalized spacial score (nSPS) is 12.3. The van der Waals surface area contributed by atoms with Crippen molar-refractivity contribution in [2.45, 2.75) is 32.2 Å². The van der Waals surface area contributed by atoms with E-state index in [9.17, 15) is 14.4 Å². The predicted octanol–water partition coefficient (Wildman–Crippen LogP) is 1.17. The van der Waals surface area contributed by atoms with Gasteiger partial charge in [-0.25, -0.2) is 4.79 Å². The molecule has 2 rings (SSSR count). The molecule has 0 saturated heterocycles. The van der Waals surface area contributed by atoms with Gasteiger partial charge in [-0.1, -0.05) is 13.0 Å². The molecule has 1 aromatic heterocycles. The maximum absolute atomic E-state index is 12.6. The van der Waals surface area contributed by atoms with Crippen molar-refractivity contribution in [2.75, 3.05) is 7.05 Å². The summed E-state index contributed by atoms with van der Waals surface area (Å²) in [6.45, 7) is 2.05.